The van der Waals surface area contributed by atoms with Crippen molar-refractivity contribution < 1.29 is 15.3 Å². The summed E-state index contributed by atoms with van der Waals surface area (Å²) in [6.07, 6.45) is 7.27. The predicted octanol–water partition coefficient (Wildman–Crippen LogP) is 1.31. The molecule has 0 aliphatic heterocycles. The van der Waals surface area contributed by atoms with Gasteiger partial charge in [0.1, 0.15) is 0 Å². The molecule has 1 rings (SSSR count). The van der Waals surface area contributed by atoms with Gasteiger partial charge in [0.05, 0.1) is 13.2 Å². The molecule has 0 spiro atoms. The Labute approximate surface area is 92.1 Å². The van der Waals surface area contributed by atoms with Gasteiger partial charge in [-0.05, 0) is 31.6 Å². The van der Waals surface area contributed by atoms with Crippen LogP contribution >= 0.6 is 0 Å². The largest absolute Gasteiger partial charge is 0.396 e. The molecule has 15 heavy (non-hydrogen) atoms. The fourth-order valence-electron chi connectivity index (χ4n) is 2.80. The smallest absolute Gasteiger partial charge is 0.0512 e. The van der Waals surface area contributed by atoms with Crippen LogP contribution in [0.25, 0.3) is 0 Å². The van der Waals surface area contributed by atoms with Gasteiger partial charge in [-0.15, -0.1) is 0 Å². The highest BCUT2D eigenvalue weighted by Gasteiger charge is 2.39. The maximum Gasteiger partial charge on any atom is 0.0512 e. The van der Waals surface area contributed by atoms with E-state index in [0.717, 1.165) is 38.5 Å². The lowest BCUT2D eigenvalue weighted by molar-refractivity contribution is -0.0288. The topological polar surface area (TPSA) is 60.7 Å². The molecule has 90 valence electrons. The summed E-state index contributed by atoms with van der Waals surface area (Å²) in [5.41, 5.74) is -0.242. The summed E-state index contributed by atoms with van der Waals surface area (Å²) in [5.74, 6) is 0.438. The van der Waals surface area contributed by atoms with Crippen molar-refractivity contribution in [3.63, 3.8) is 0 Å². The zero-order valence-electron chi connectivity index (χ0n) is 9.49. The van der Waals surface area contributed by atoms with Crippen molar-refractivity contribution in [1.29, 1.82) is 0 Å². The van der Waals surface area contributed by atoms with E-state index < -0.39 is 0 Å². The first-order valence-corrected chi connectivity index (χ1v) is 6.11. The van der Waals surface area contributed by atoms with Gasteiger partial charge in [0.25, 0.3) is 0 Å². The minimum atomic E-state index is -0.242. The second-order valence-corrected chi connectivity index (χ2v) is 4.84. The van der Waals surface area contributed by atoms with Crippen molar-refractivity contribution in [3.05, 3.63) is 0 Å². The highest BCUT2D eigenvalue weighted by molar-refractivity contribution is 4.88. The summed E-state index contributed by atoms with van der Waals surface area (Å²) < 4.78 is 0. The first kappa shape index (κ1) is 12.9. The third-order valence-corrected chi connectivity index (χ3v) is 3.93. The van der Waals surface area contributed by atoms with Crippen molar-refractivity contribution >= 4 is 0 Å². The highest BCUT2D eigenvalue weighted by atomic mass is 16.3. The summed E-state index contributed by atoms with van der Waals surface area (Å²) in [6.45, 7) is 0.457. The van der Waals surface area contributed by atoms with E-state index in [0.29, 0.717) is 5.92 Å². The maximum absolute atomic E-state index is 9.46. The first-order chi connectivity index (χ1) is 7.29. The Morgan fingerprint density at radius 3 is 2.33 bits per heavy atom. The Morgan fingerprint density at radius 1 is 1.00 bits per heavy atom. The van der Waals surface area contributed by atoms with Crippen molar-refractivity contribution in [1.82, 2.24) is 0 Å². The van der Waals surface area contributed by atoms with E-state index in [9.17, 15) is 10.2 Å². The van der Waals surface area contributed by atoms with Crippen LogP contribution < -0.4 is 0 Å². The summed E-state index contributed by atoms with van der Waals surface area (Å²) >= 11 is 0. The van der Waals surface area contributed by atoms with Gasteiger partial charge in [-0.3, -0.25) is 0 Å². The Kier molecular flexibility index (Phi) is 5.58. The first-order valence-electron chi connectivity index (χ1n) is 6.11. The van der Waals surface area contributed by atoms with Crippen molar-refractivity contribution in [3.8, 4) is 0 Å². The van der Waals surface area contributed by atoms with Gasteiger partial charge in [-0.2, -0.15) is 0 Å². The van der Waals surface area contributed by atoms with Gasteiger partial charge in [0.15, 0.2) is 0 Å². The van der Waals surface area contributed by atoms with Gasteiger partial charge in [-0.1, -0.05) is 19.3 Å². The molecular formula is C12H24O3. The zero-order chi connectivity index (χ0) is 11.1. The fraction of sp³-hybridized carbons (Fsp3) is 1.00. The SMILES string of the molecule is OCCCCC1CCCCC1(CO)CO. The van der Waals surface area contributed by atoms with Crippen molar-refractivity contribution in [2.45, 2.75) is 44.9 Å². The third-order valence-electron chi connectivity index (χ3n) is 3.93. The molecule has 0 aromatic rings. The summed E-state index contributed by atoms with van der Waals surface area (Å²) in [7, 11) is 0. The molecule has 0 saturated heterocycles. The number of aliphatic hydroxyl groups excluding tert-OH is 3. The number of hydrogen-bond donors (Lipinski definition) is 3. The number of aliphatic hydroxyl groups is 3. The van der Waals surface area contributed by atoms with Gasteiger partial charge in [0.2, 0.25) is 0 Å². The van der Waals surface area contributed by atoms with Crippen LogP contribution in [0.3, 0.4) is 0 Å². The van der Waals surface area contributed by atoms with Crippen LogP contribution in [-0.2, 0) is 0 Å². The fourth-order valence-corrected chi connectivity index (χ4v) is 2.80. The van der Waals surface area contributed by atoms with Crippen LogP contribution in [0.1, 0.15) is 44.9 Å². The highest BCUT2D eigenvalue weighted by Crippen LogP contribution is 2.43. The predicted molar refractivity (Wildman–Crippen MR) is 59.5 cm³/mol. The second-order valence-electron chi connectivity index (χ2n) is 4.84. The molecule has 0 amide bonds. The molecule has 3 heteroatoms. The van der Waals surface area contributed by atoms with E-state index in [-0.39, 0.29) is 25.2 Å². The molecule has 1 aliphatic carbocycles. The Hall–Kier alpha value is -0.120. The normalized spacial score (nSPS) is 25.4. The molecule has 1 fully saturated rings. The van der Waals surface area contributed by atoms with Gasteiger partial charge in [-0.25, -0.2) is 0 Å². The van der Waals surface area contributed by atoms with Gasteiger partial charge < -0.3 is 15.3 Å². The Bertz CT molecular complexity index is 166. The lowest BCUT2D eigenvalue weighted by Gasteiger charge is -2.42. The molecule has 1 saturated carbocycles. The van der Waals surface area contributed by atoms with Crippen LogP contribution in [0.4, 0.5) is 0 Å². The summed E-state index contributed by atoms with van der Waals surface area (Å²) in [4.78, 5) is 0. The Balaban J connectivity index is 2.48. The molecule has 0 radical (unpaired) electrons. The van der Waals surface area contributed by atoms with E-state index >= 15 is 0 Å². The van der Waals surface area contributed by atoms with Crippen LogP contribution in [0.5, 0.6) is 0 Å². The molecule has 1 unspecified atom stereocenters. The van der Waals surface area contributed by atoms with E-state index in [1.807, 2.05) is 0 Å². The molecule has 0 bridgehead atoms. The molecule has 0 aromatic carbocycles. The van der Waals surface area contributed by atoms with E-state index in [4.69, 9.17) is 5.11 Å². The average molecular weight is 216 g/mol. The monoisotopic (exact) mass is 216 g/mol. The van der Waals surface area contributed by atoms with Crippen LogP contribution in [-0.4, -0.2) is 35.1 Å². The van der Waals surface area contributed by atoms with E-state index in [1.165, 1.54) is 6.42 Å². The van der Waals surface area contributed by atoms with Crippen LogP contribution in [0, 0.1) is 11.3 Å². The lowest BCUT2D eigenvalue weighted by Crippen LogP contribution is -2.40. The molecule has 3 nitrogen and oxygen atoms in total. The standard InChI is InChI=1S/C12H24O3/c13-8-4-2-6-11-5-1-3-7-12(11,9-14)10-15/h11,13-15H,1-10H2. The number of rotatable bonds is 6. The lowest BCUT2D eigenvalue weighted by atomic mass is 9.65. The summed E-state index contributed by atoms with van der Waals surface area (Å²) in [6, 6.07) is 0. The van der Waals surface area contributed by atoms with E-state index in [2.05, 4.69) is 0 Å². The molecular weight excluding hydrogens is 192 g/mol. The summed E-state index contributed by atoms with van der Waals surface area (Å²) in [5, 5.41) is 27.7. The second kappa shape index (κ2) is 6.46. The quantitative estimate of drug-likeness (QED) is 0.587. The minimum Gasteiger partial charge on any atom is -0.396 e. The minimum absolute atomic E-state index is 0.104. The van der Waals surface area contributed by atoms with Gasteiger partial charge in [0, 0.05) is 12.0 Å². The molecule has 1 aliphatic rings. The van der Waals surface area contributed by atoms with Gasteiger partial charge >= 0.3 is 0 Å². The molecule has 0 aromatic heterocycles. The average Bonchev–Trinajstić information content (AvgIpc) is 2.30. The third kappa shape index (κ3) is 3.16. The maximum atomic E-state index is 9.46. The van der Waals surface area contributed by atoms with Crippen LogP contribution in [0.15, 0.2) is 0 Å². The molecule has 0 heterocycles. The van der Waals surface area contributed by atoms with E-state index in [1.54, 1.807) is 0 Å². The van der Waals surface area contributed by atoms with Crippen molar-refractivity contribution in [2.24, 2.45) is 11.3 Å². The molecule has 1 atom stereocenters. The zero-order valence-corrected chi connectivity index (χ0v) is 9.49. The number of hydrogen-bond acceptors (Lipinski definition) is 3. The molecule has 3 N–H and O–H groups in total. The van der Waals surface area contributed by atoms with Crippen molar-refractivity contribution in [2.75, 3.05) is 19.8 Å². The Morgan fingerprint density at radius 2 is 1.73 bits per heavy atom. The number of unbranched alkanes of at least 4 members (excludes halogenated alkanes) is 1. The van der Waals surface area contributed by atoms with Crippen LogP contribution in [0.2, 0.25) is 0 Å².